The average molecular weight is 125 g/mol. The van der Waals surface area contributed by atoms with Gasteiger partial charge in [0.15, 0.2) is 0 Å². The third-order valence-corrected chi connectivity index (χ3v) is 2.27. The Morgan fingerprint density at radius 2 is 2.56 bits per heavy atom. The molecule has 3 atom stereocenters. The summed E-state index contributed by atoms with van der Waals surface area (Å²) in [7, 11) is 0. The average Bonchev–Trinajstić information content (AvgIpc) is 2.64. The molecule has 0 saturated heterocycles. The summed E-state index contributed by atoms with van der Waals surface area (Å²) in [5.74, 6) is 1.66. The van der Waals surface area contributed by atoms with E-state index in [4.69, 9.17) is 5.73 Å². The van der Waals surface area contributed by atoms with Crippen LogP contribution in [0.2, 0.25) is 0 Å². The second kappa shape index (κ2) is 2.53. The van der Waals surface area contributed by atoms with E-state index in [0.717, 1.165) is 11.8 Å². The van der Waals surface area contributed by atoms with E-state index in [2.05, 4.69) is 13.5 Å². The first kappa shape index (κ1) is 6.81. The van der Waals surface area contributed by atoms with Crippen molar-refractivity contribution < 1.29 is 0 Å². The minimum Gasteiger partial charge on any atom is -0.324 e. The number of hydrogen-bond donors (Lipinski definition) is 1. The Kier molecular flexibility index (Phi) is 1.91. The van der Waals surface area contributed by atoms with Crippen LogP contribution in [0.1, 0.15) is 19.8 Å². The molecule has 9 heavy (non-hydrogen) atoms. The lowest BCUT2D eigenvalue weighted by molar-refractivity contribution is 0.619. The normalized spacial score (nSPS) is 35.8. The van der Waals surface area contributed by atoms with E-state index in [9.17, 15) is 0 Å². The fraction of sp³-hybridized carbons (Fsp3) is 0.750. The predicted molar refractivity (Wildman–Crippen MR) is 40.1 cm³/mol. The summed E-state index contributed by atoms with van der Waals surface area (Å²) in [6, 6.07) is 0.259. The summed E-state index contributed by atoms with van der Waals surface area (Å²) in [5, 5.41) is 0. The molecule has 0 bridgehead atoms. The van der Waals surface area contributed by atoms with E-state index in [-0.39, 0.29) is 6.04 Å². The van der Waals surface area contributed by atoms with Crippen LogP contribution in [0.3, 0.4) is 0 Å². The van der Waals surface area contributed by atoms with Crippen molar-refractivity contribution >= 4 is 0 Å². The van der Waals surface area contributed by atoms with E-state index in [0.29, 0.717) is 0 Å². The maximum atomic E-state index is 5.73. The van der Waals surface area contributed by atoms with Crippen molar-refractivity contribution in [3.63, 3.8) is 0 Å². The van der Waals surface area contributed by atoms with E-state index < -0.39 is 0 Å². The quantitative estimate of drug-likeness (QED) is 0.569. The molecule has 1 aliphatic carbocycles. The first-order chi connectivity index (χ1) is 4.29. The van der Waals surface area contributed by atoms with E-state index in [1.807, 2.05) is 6.08 Å². The van der Waals surface area contributed by atoms with Crippen molar-refractivity contribution in [2.24, 2.45) is 17.6 Å². The van der Waals surface area contributed by atoms with Gasteiger partial charge in [0.05, 0.1) is 0 Å². The predicted octanol–water partition coefficient (Wildman–Crippen LogP) is 1.55. The van der Waals surface area contributed by atoms with Crippen molar-refractivity contribution in [3.05, 3.63) is 12.7 Å². The van der Waals surface area contributed by atoms with Crippen molar-refractivity contribution in [1.82, 2.24) is 0 Å². The van der Waals surface area contributed by atoms with Gasteiger partial charge in [-0.2, -0.15) is 0 Å². The third-order valence-electron chi connectivity index (χ3n) is 2.27. The summed E-state index contributed by atoms with van der Waals surface area (Å²) in [6.07, 6.45) is 4.47. The van der Waals surface area contributed by atoms with Gasteiger partial charge in [-0.1, -0.05) is 19.4 Å². The number of nitrogens with two attached hydrogens (primary N) is 1. The van der Waals surface area contributed by atoms with Crippen LogP contribution in [0.15, 0.2) is 12.7 Å². The van der Waals surface area contributed by atoms with Gasteiger partial charge in [-0.05, 0) is 18.3 Å². The summed E-state index contributed by atoms with van der Waals surface area (Å²) in [5.41, 5.74) is 5.73. The standard InChI is InChI=1S/C8H15N/c1-3-6-5-7(6)8(9)4-2/h4,6-8H,2-3,5,9H2,1H3. The summed E-state index contributed by atoms with van der Waals surface area (Å²) < 4.78 is 0. The van der Waals surface area contributed by atoms with Gasteiger partial charge in [0.25, 0.3) is 0 Å². The van der Waals surface area contributed by atoms with Crippen LogP contribution in [0.4, 0.5) is 0 Å². The first-order valence-electron chi connectivity index (χ1n) is 3.67. The fourth-order valence-corrected chi connectivity index (χ4v) is 1.39. The molecule has 0 aromatic heterocycles. The molecule has 2 N–H and O–H groups in total. The van der Waals surface area contributed by atoms with Crippen LogP contribution >= 0.6 is 0 Å². The fourth-order valence-electron chi connectivity index (χ4n) is 1.39. The summed E-state index contributed by atoms with van der Waals surface area (Å²) >= 11 is 0. The van der Waals surface area contributed by atoms with Crippen LogP contribution < -0.4 is 5.73 Å². The lowest BCUT2D eigenvalue weighted by Crippen LogP contribution is -2.19. The minimum absolute atomic E-state index is 0.259. The smallest absolute Gasteiger partial charge is 0.0252 e. The molecule has 0 aliphatic heterocycles. The van der Waals surface area contributed by atoms with Crippen LogP contribution in [0, 0.1) is 11.8 Å². The highest BCUT2D eigenvalue weighted by molar-refractivity contribution is 5.00. The molecule has 0 aromatic carbocycles. The molecule has 52 valence electrons. The van der Waals surface area contributed by atoms with Crippen molar-refractivity contribution in [2.45, 2.75) is 25.8 Å². The van der Waals surface area contributed by atoms with Gasteiger partial charge in [-0.25, -0.2) is 0 Å². The SMILES string of the molecule is C=CC(N)C1CC1CC. The Balaban J connectivity index is 2.24. The zero-order chi connectivity index (χ0) is 6.85. The van der Waals surface area contributed by atoms with Gasteiger partial charge in [-0.3, -0.25) is 0 Å². The molecule has 0 spiro atoms. The molecule has 1 heteroatoms. The Labute approximate surface area is 56.9 Å². The van der Waals surface area contributed by atoms with Crippen molar-refractivity contribution in [2.75, 3.05) is 0 Å². The highest BCUT2D eigenvalue weighted by atomic mass is 14.7. The Morgan fingerprint density at radius 3 is 2.89 bits per heavy atom. The largest absolute Gasteiger partial charge is 0.324 e. The Bertz CT molecular complexity index is 109. The van der Waals surface area contributed by atoms with Crippen LogP contribution in [-0.4, -0.2) is 6.04 Å². The molecular weight excluding hydrogens is 110 g/mol. The molecule has 1 rings (SSSR count). The first-order valence-corrected chi connectivity index (χ1v) is 3.67. The van der Waals surface area contributed by atoms with E-state index >= 15 is 0 Å². The van der Waals surface area contributed by atoms with Crippen molar-refractivity contribution in [1.29, 1.82) is 0 Å². The van der Waals surface area contributed by atoms with Gasteiger partial charge >= 0.3 is 0 Å². The summed E-state index contributed by atoms with van der Waals surface area (Å²) in [6.45, 7) is 5.89. The lowest BCUT2D eigenvalue weighted by atomic mass is 10.1. The highest BCUT2D eigenvalue weighted by Gasteiger charge is 2.38. The van der Waals surface area contributed by atoms with Gasteiger partial charge in [0.2, 0.25) is 0 Å². The second-order valence-electron chi connectivity index (χ2n) is 2.88. The van der Waals surface area contributed by atoms with Gasteiger partial charge in [0.1, 0.15) is 0 Å². The van der Waals surface area contributed by atoms with Gasteiger partial charge < -0.3 is 5.73 Å². The topological polar surface area (TPSA) is 26.0 Å². The maximum absolute atomic E-state index is 5.73. The number of hydrogen-bond acceptors (Lipinski definition) is 1. The monoisotopic (exact) mass is 125 g/mol. The molecule has 0 heterocycles. The minimum atomic E-state index is 0.259. The zero-order valence-electron chi connectivity index (χ0n) is 6.01. The molecular formula is C8H15N. The molecule has 1 aliphatic rings. The molecule has 3 unspecified atom stereocenters. The number of rotatable bonds is 3. The zero-order valence-corrected chi connectivity index (χ0v) is 6.01. The highest BCUT2D eigenvalue weighted by Crippen LogP contribution is 2.42. The van der Waals surface area contributed by atoms with E-state index in [1.165, 1.54) is 12.8 Å². The van der Waals surface area contributed by atoms with Crippen LogP contribution in [0.5, 0.6) is 0 Å². The van der Waals surface area contributed by atoms with Crippen LogP contribution in [0.25, 0.3) is 0 Å². The molecule has 0 radical (unpaired) electrons. The van der Waals surface area contributed by atoms with Crippen molar-refractivity contribution in [3.8, 4) is 0 Å². The second-order valence-corrected chi connectivity index (χ2v) is 2.88. The van der Waals surface area contributed by atoms with Crippen LogP contribution in [-0.2, 0) is 0 Å². The van der Waals surface area contributed by atoms with Gasteiger partial charge in [0, 0.05) is 6.04 Å². The van der Waals surface area contributed by atoms with Gasteiger partial charge in [-0.15, -0.1) is 6.58 Å². The lowest BCUT2D eigenvalue weighted by Gasteiger charge is -2.01. The maximum Gasteiger partial charge on any atom is 0.0252 e. The Morgan fingerprint density at radius 1 is 1.89 bits per heavy atom. The van der Waals surface area contributed by atoms with E-state index in [1.54, 1.807) is 0 Å². The Hall–Kier alpha value is -0.300. The molecule has 1 fully saturated rings. The molecule has 1 nitrogen and oxygen atoms in total. The molecule has 0 amide bonds. The molecule has 1 saturated carbocycles. The molecule has 0 aromatic rings. The third kappa shape index (κ3) is 1.33. The summed E-state index contributed by atoms with van der Waals surface area (Å²) in [4.78, 5) is 0.